The highest BCUT2D eigenvalue weighted by Crippen LogP contribution is 2.35. The fourth-order valence-electron chi connectivity index (χ4n) is 3.13. The van der Waals surface area contributed by atoms with Gasteiger partial charge in [-0.3, -0.25) is 4.79 Å². The van der Waals surface area contributed by atoms with Crippen LogP contribution in [0, 0.1) is 11.6 Å². The SMILES string of the molecule is CC(C)c1nc(-c2ccc(F)cc2)c(-c2ccc(F)cc2)n1/C=C/[C@@H](O)CC(=O)O. The topological polar surface area (TPSA) is 75.3 Å². The number of benzene rings is 2. The number of hydrogen-bond donors (Lipinski definition) is 2. The van der Waals surface area contributed by atoms with Gasteiger partial charge < -0.3 is 14.8 Å². The third-order valence-corrected chi connectivity index (χ3v) is 4.53. The Morgan fingerprint density at radius 1 is 1.03 bits per heavy atom. The van der Waals surface area contributed by atoms with Crippen molar-refractivity contribution in [2.24, 2.45) is 0 Å². The average molecular weight is 412 g/mol. The predicted molar refractivity (Wildman–Crippen MR) is 111 cm³/mol. The predicted octanol–water partition coefficient (Wildman–Crippen LogP) is 4.93. The number of halogens is 2. The fraction of sp³-hybridized carbons (Fsp3) is 0.217. The Labute approximate surface area is 172 Å². The summed E-state index contributed by atoms with van der Waals surface area (Å²) in [5, 5.41) is 18.8. The molecule has 3 rings (SSSR count). The number of carboxylic acids is 1. The van der Waals surface area contributed by atoms with Crippen LogP contribution in [0.25, 0.3) is 28.7 Å². The maximum atomic E-state index is 13.5. The van der Waals surface area contributed by atoms with Gasteiger partial charge in [0.15, 0.2) is 0 Å². The highest BCUT2D eigenvalue weighted by Gasteiger charge is 2.21. The van der Waals surface area contributed by atoms with Gasteiger partial charge in [-0.15, -0.1) is 0 Å². The Morgan fingerprint density at radius 3 is 2.07 bits per heavy atom. The molecule has 0 radical (unpaired) electrons. The number of carbonyl (C=O) groups is 1. The molecule has 0 spiro atoms. The molecule has 5 nitrogen and oxygen atoms in total. The van der Waals surface area contributed by atoms with E-state index in [9.17, 15) is 18.7 Å². The van der Waals surface area contributed by atoms with Gasteiger partial charge in [0.25, 0.3) is 0 Å². The molecular weight excluding hydrogens is 390 g/mol. The lowest BCUT2D eigenvalue weighted by Gasteiger charge is -2.12. The van der Waals surface area contributed by atoms with Gasteiger partial charge in [-0.25, -0.2) is 13.8 Å². The first-order valence-corrected chi connectivity index (χ1v) is 9.48. The molecule has 1 atom stereocenters. The molecule has 1 aromatic heterocycles. The molecule has 1 heterocycles. The Hall–Kier alpha value is -3.32. The highest BCUT2D eigenvalue weighted by molar-refractivity contribution is 5.80. The third-order valence-electron chi connectivity index (χ3n) is 4.53. The van der Waals surface area contributed by atoms with Crippen LogP contribution >= 0.6 is 0 Å². The van der Waals surface area contributed by atoms with E-state index in [1.54, 1.807) is 35.0 Å². The van der Waals surface area contributed by atoms with Gasteiger partial charge in [-0.1, -0.05) is 13.8 Å². The molecule has 156 valence electrons. The zero-order valence-electron chi connectivity index (χ0n) is 16.6. The van der Waals surface area contributed by atoms with E-state index in [1.807, 2.05) is 13.8 Å². The van der Waals surface area contributed by atoms with E-state index in [2.05, 4.69) is 0 Å². The molecule has 0 unspecified atom stereocenters. The van der Waals surface area contributed by atoms with Crippen LogP contribution in [0.2, 0.25) is 0 Å². The van der Waals surface area contributed by atoms with Gasteiger partial charge in [0.2, 0.25) is 0 Å². The summed E-state index contributed by atoms with van der Waals surface area (Å²) in [5.41, 5.74) is 2.55. The first kappa shape index (κ1) is 21.4. The molecular formula is C23H22F2N2O3. The summed E-state index contributed by atoms with van der Waals surface area (Å²) in [5.74, 6) is -1.23. The summed E-state index contributed by atoms with van der Waals surface area (Å²) in [6, 6.07) is 11.8. The lowest BCUT2D eigenvalue weighted by atomic mass is 10.0. The van der Waals surface area contributed by atoms with Gasteiger partial charge in [0.05, 0.1) is 23.9 Å². The van der Waals surface area contributed by atoms with E-state index in [0.717, 1.165) is 0 Å². The number of aliphatic hydroxyl groups excluding tert-OH is 1. The standard InChI is InChI=1S/C23H22F2N2O3/c1-14(2)23-26-21(15-3-7-17(24)8-4-15)22(16-5-9-18(25)10-6-16)27(23)12-11-19(28)13-20(29)30/h3-12,14,19,28H,13H2,1-2H3,(H,29,30)/b12-11+/t19-/m1/s1. The number of aliphatic hydroxyl groups is 1. The van der Waals surface area contributed by atoms with Crippen LogP contribution < -0.4 is 0 Å². The smallest absolute Gasteiger partial charge is 0.306 e. The van der Waals surface area contributed by atoms with E-state index in [4.69, 9.17) is 10.1 Å². The summed E-state index contributed by atoms with van der Waals surface area (Å²) in [6.07, 6.45) is 1.34. The van der Waals surface area contributed by atoms with Crippen molar-refractivity contribution in [3.63, 3.8) is 0 Å². The number of carboxylic acid groups (broad SMARTS) is 1. The second-order valence-electron chi connectivity index (χ2n) is 7.21. The van der Waals surface area contributed by atoms with Crippen molar-refractivity contribution < 1.29 is 23.8 Å². The molecule has 2 N–H and O–H groups in total. The minimum absolute atomic E-state index is 0.0142. The third kappa shape index (κ3) is 4.80. The quantitative estimate of drug-likeness (QED) is 0.577. The van der Waals surface area contributed by atoms with Crippen molar-refractivity contribution >= 4 is 12.2 Å². The molecule has 0 saturated heterocycles. The molecule has 0 bridgehead atoms. The van der Waals surface area contributed by atoms with Crippen molar-refractivity contribution in [1.82, 2.24) is 9.55 Å². The molecule has 0 aliphatic rings. The minimum atomic E-state index is -1.18. The Balaban J connectivity index is 2.22. The molecule has 0 aliphatic heterocycles. The van der Waals surface area contributed by atoms with Gasteiger partial charge in [0, 0.05) is 23.2 Å². The number of rotatable bonds is 7. The lowest BCUT2D eigenvalue weighted by Crippen LogP contribution is -2.10. The fourth-order valence-corrected chi connectivity index (χ4v) is 3.13. The van der Waals surface area contributed by atoms with Crippen molar-refractivity contribution in [1.29, 1.82) is 0 Å². The normalized spacial score (nSPS) is 12.6. The van der Waals surface area contributed by atoms with E-state index >= 15 is 0 Å². The van der Waals surface area contributed by atoms with Crippen LogP contribution in [0.5, 0.6) is 0 Å². The highest BCUT2D eigenvalue weighted by atomic mass is 19.1. The second kappa shape index (κ2) is 9.00. The Bertz CT molecular complexity index is 1060. The van der Waals surface area contributed by atoms with E-state index < -0.39 is 18.5 Å². The molecule has 0 aliphatic carbocycles. The minimum Gasteiger partial charge on any atom is -0.481 e. The van der Waals surface area contributed by atoms with Crippen molar-refractivity contribution in [3.8, 4) is 22.5 Å². The Morgan fingerprint density at radius 2 is 1.57 bits per heavy atom. The summed E-state index contributed by atoms with van der Waals surface area (Å²) in [7, 11) is 0. The monoisotopic (exact) mass is 412 g/mol. The van der Waals surface area contributed by atoms with Crippen LogP contribution in [-0.4, -0.2) is 31.8 Å². The first-order valence-electron chi connectivity index (χ1n) is 9.48. The van der Waals surface area contributed by atoms with E-state index in [0.29, 0.717) is 28.3 Å². The number of aromatic nitrogens is 2. The van der Waals surface area contributed by atoms with Crippen molar-refractivity contribution in [3.05, 3.63) is 72.1 Å². The maximum absolute atomic E-state index is 13.5. The summed E-state index contributed by atoms with van der Waals surface area (Å²) in [6.45, 7) is 3.90. The largest absolute Gasteiger partial charge is 0.481 e. The molecule has 30 heavy (non-hydrogen) atoms. The summed E-state index contributed by atoms with van der Waals surface area (Å²) in [4.78, 5) is 15.6. The zero-order valence-corrected chi connectivity index (χ0v) is 16.6. The average Bonchev–Trinajstić information content (AvgIpc) is 3.07. The van der Waals surface area contributed by atoms with Crippen LogP contribution in [0.3, 0.4) is 0 Å². The molecule has 0 fully saturated rings. The van der Waals surface area contributed by atoms with E-state index in [-0.39, 0.29) is 17.6 Å². The van der Waals surface area contributed by atoms with Gasteiger partial charge in [0.1, 0.15) is 17.5 Å². The zero-order chi connectivity index (χ0) is 21.8. The molecule has 0 saturated carbocycles. The summed E-state index contributed by atoms with van der Waals surface area (Å²) >= 11 is 0. The number of nitrogens with zero attached hydrogens (tertiary/aromatic N) is 2. The second-order valence-corrected chi connectivity index (χ2v) is 7.21. The number of hydrogen-bond acceptors (Lipinski definition) is 3. The van der Waals surface area contributed by atoms with Crippen LogP contribution in [0.4, 0.5) is 8.78 Å². The molecule has 0 amide bonds. The van der Waals surface area contributed by atoms with Gasteiger partial charge in [-0.2, -0.15) is 0 Å². The van der Waals surface area contributed by atoms with Crippen LogP contribution in [0.1, 0.15) is 32.0 Å². The van der Waals surface area contributed by atoms with Crippen LogP contribution in [-0.2, 0) is 4.79 Å². The van der Waals surface area contributed by atoms with E-state index in [1.165, 1.54) is 30.3 Å². The van der Waals surface area contributed by atoms with Gasteiger partial charge in [-0.05, 0) is 54.6 Å². The summed E-state index contributed by atoms with van der Waals surface area (Å²) < 4.78 is 28.7. The maximum Gasteiger partial charge on any atom is 0.306 e. The molecule has 3 aromatic rings. The van der Waals surface area contributed by atoms with Gasteiger partial charge >= 0.3 is 5.97 Å². The van der Waals surface area contributed by atoms with Crippen molar-refractivity contribution in [2.45, 2.75) is 32.3 Å². The van der Waals surface area contributed by atoms with Crippen LogP contribution in [0.15, 0.2) is 54.6 Å². The molecule has 2 aromatic carbocycles. The first-order chi connectivity index (χ1) is 14.3. The molecule has 7 heteroatoms. The van der Waals surface area contributed by atoms with Crippen molar-refractivity contribution in [2.75, 3.05) is 0 Å². The Kier molecular flexibility index (Phi) is 6.42. The lowest BCUT2D eigenvalue weighted by molar-refractivity contribution is -0.138. The number of aliphatic carboxylic acids is 1. The number of imidazole rings is 1.